The zero-order valence-corrected chi connectivity index (χ0v) is 5.64. The van der Waals surface area contributed by atoms with Crippen LogP contribution < -0.4 is 0 Å². The molecule has 3 heteroatoms. The van der Waals surface area contributed by atoms with Gasteiger partial charge in [0.15, 0.2) is 5.60 Å². The zero-order valence-electron chi connectivity index (χ0n) is 5.64. The highest BCUT2D eigenvalue weighted by Crippen LogP contribution is 2.26. The van der Waals surface area contributed by atoms with E-state index in [0.717, 1.165) is 0 Å². The van der Waals surface area contributed by atoms with Crippen LogP contribution in [0.2, 0.25) is 0 Å². The molecule has 0 aromatic carbocycles. The molecule has 0 radical (unpaired) electrons. The van der Waals surface area contributed by atoms with Crippen LogP contribution in [0.5, 0.6) is 0 Å². The maximum absolute atomic E-state index is 10.8. The Morgan fingerprint density at radius 3 is 2.78 bits per heavy atom. The number of esters is 1. The highest BCUT2D eigenvalue weighted by molar-refractivity contribution is 5.81. The minimum absolute atomic E-state index is 0.245. The van der Waals surface area contributed by atoms with Gasteiger partial charge in [-0.2, -0.15) is 0 Å². The summed E-state index contributed by atoms with van der Waals surface area (Å²) < 4.78 is 9.54. The van der Waals surface area contributed by atoms with Gasteiger partial charge in [0.2, 0.25) is 0 Å². The average molecular weight is 130 g/mol. The van der Waals surface area contributed by atoms with E-state index in [0.29, 0.717) is 13.2 Å². The van der Waals surface area contributed by atoms with Gasteiger partial charge >= 0.3 is 5.97 Å². The van der Waals surface area contributed by atoms with Gasteiger partial charge in [0, 0.05) is 0 Å². The van der Waals surface area contributed by atoms with Crippen LogP contribution in [0.1, 0.15) is 13.8 Å². The molecular formula is C6H10O3. The van der Waals surface area contributed by atoms with Gasteiger partial charge in [-0.25, -0.2) is 4.79 Å². The van der Waals surface area contributed by atoms with E-state index in [1.54, 1.807) is 13.8 Å². The summed E-state index contributed by atoms with van der Waals surface area (Å²) in [5.74, 6) is -0.245. The Morgan fingerprint density at radius 1 is 1.89 bits per heavy atom. The summed E-state index contributed by atoms with van der Waals surface area (Å²) in [6.45, 7) is 4.44. The van der Waals surface area contributed by atoms with Crippen LogP contribution in [0.3, 0.4) is 0 Å². The second-order valence-electron chi connectivity index (χ2n) is 2.24. The van der Waals surface area contributed by atoms with Gasteiger partial charge in [0.1, 0.15) is 0 Å². The van der Waals surface area contributed by atoms with Crippen molar-refractivity contribution in [1.82, 2.24) is 0 Å². The summed E-state index contributed by atoms with van der Waals surface area (Å²) in [4.78, 5) is 10.8. The molecule has 1 saturated heterocycles. The first kappa shape index (κ1) is 6.55. The van der Waals surface area contributed by atoms with Gasteiger partial charge in [0.05, 0.1) is 13.2 Å². The number of rotatable bonds is 2. The van der Waals surface area contributed by atoms with Crippen molar-refractivity contribution in [3.63, 3.8) is 0 Å². The van der Waals surface area contributed by atoms with Crippen LogP contribution in [0.15, 0.2) is 0 Å². The maximum atomic E-state index is 10.8. The molecule has 0 aromatic rings. The molecule has 0 saturated carbocycles. The minimum Gasteiger partial charge on any atom is -0.464 e. The molecule has 1 aliphatic heterocycles. The molecule has 0 unspecified atom stereocenters. The van der Waals surface area contributed by atoms with E-state index in [1.807, 2.05) is 0 Å². The fourth-order valence-corrected chi connectivity index (χ4v) is 0.510. The van der Waals surface area contributed by atoms with E-state index in [9.17, 15) is 4.79 Å². The third kappa shape index (κ3) is 1.21. The first-order valence-electron chi connectivity index (χ1n) is 3.00. The summed E-state index contributed by atoms with van der Waals surface area (Å²) in [5, 5.41) is 0. The molecular weight excluding hydrogens is 120 g/mol. The number of carbonyl (C=O) groups excluding carboxylic acids is 1. The van der Waals surface area contributed by atoms with Crippen molar-refractivity contribution in [3.05, 3.63) is 0 Å². The Labute approximate surface area is 53.9 Å². The first-order chi connectivity index (χ1) is 4.19. The van der Waals surface area contributed by atoms with Crippen molar-refractivity contribution in [1.29, 1.82) is 0 Å². The van der Waals surface area contributed by atoms with E-state index in [2.05, 4.69) is 0 Å². The standard InChI is InChI=1S/C6H10O3/c1-3-8-5(7)6(2)4-9-6/h3-4H2,1-2H3/t6-/m1/s1. The predicted molar refractivity (Wildman–Crippen MR) is 31.0 cm³/mol. The number of hydrogen-bond donors (Lipinski definition) is 0. The van der Waals surface area contributed by atoms with Crippen LogP contribution >= 0.6 is 0 Å². The van der Waals surface area contributed by atoms with Crippen molar-refractivity contribution < 1.29 is 14.3 Å². The number of ether oxygens (including phenoxy) is 2. The van der Waals surface area contributed by atoms with Crippen molar-refractivity contribution in [3.8, 4) is 0 Å². The van der Waals surface area contributed by atoms with Crippen molar-refractivity contribution in [2.75, 3.05) is 13.2 Å². The molecule has 0 bridgehead atoms. The van der Waals surface area contributed by atoms with Crippen LogP contribution in [0.4, 0.5) is 0 Å². The second kappa shape index (κ2) is 1.99. The molecule has 0 spiro atoms. The molecule has 52 valence electrons. The van der Waals surface area contributed by atoms with E-state index >= 15 is 0 Å². The zero-order chi connectivity index (χ0) is 6.91. The largest absolute Gasteiger partial charge is 0.464 e. The normalized spacial score (nSPS) is 31.8. The van der Waals surface area contributed by atoms with Gasteiger partial charge < -0.3 is 9.47 Å². The SMILES string of the molecule is CCOC(=O)[C@@]1(C)CO1. The second-order valence-corrected chi connectivity index (χ2v) is 2.24. The molecule has 1 rings (SSSR count). The van der Waals surface area contributed by atoms with Gasteiger partial charge in [0.25, 0.3) is 0 Å². The molecule has 3 nitrogen and oxygen atoms in total. The van der Waals surface area contributed by atoms with Crippen molar-refractivity contribution >= 4 is 5.97 Å². The molecule has 1 fully saturated rings. The van der Waals surface area contributed by atoms with Gasteiger partial charge in [-0.3, -0.25) is 0 Å². The maximum Gasteiger partial charge on any atom is 0.340 e. The highest BCUT2D eigenvalue weighted by Gasteiger charge is 2.48. The lowest BCUT2D eigenvalue weighted by Crippen LogP contribution is -2.22. The number of epoxide rings is 1. The van der Waals surface area contributed by atoms with Gasteiger partial charge in [-0.05, 0) is 13.8 Å². The third-order valence-electron chi connectivity index (χ3n) is 1.28. The molecule has 1 aliphatic rings. The fraction of sp³-hybridized carbons (Fsp3) is 0.833. The highest BCUT2D eigenvalue weighted by atomic mass is 16.6. The lowest BCUT2D eigenvalue weighted by Gasteiger charge is -2.02. The molecule has 1 atom stereocenters. The molecule has 0 aromatic heterocycles. The van der Waals surface area contributed by atoms with Crippen LogP contribution in [-0.2, 0) is 14.3 Å². The van der Waals surface area contributed by atoms with E-state index in [1.165, 1.54) is 0 Å². The summed E-state index contributed by atoms with van der Waals surface area (Å²) in [6, 6.07) is 0. The summed E-state index contributed by atoms with van der Waals surface area (Å²) in [6.07, 6.45) is 0. The quantitative estimate of drug-likeness (QED) is 0.399. The van der Waals surface area contributed by atoms with Crippen molar-refractivity contribution in [2.45, 2.75) is 19.4 Å². The molecule has 0 amide bonds. The fourth-order valence-electron chi connectivity index (χ4n) is 0.510. The molecule has 0 N–H and O–H groups in total. The Balaban J connectivity index is 2.34. The summed E-state index contributed by atoms with van der Waals surface area (Å²) in [7, 11) is 0. The molecule has 9 heavy (non-hydrogen) atoms. The monoisotopic (exact) mass is 130 g/mol. The van der Waals surface area contributed by atoms with Crippen LogP contribution in [0, 0.1) is 0 Å². The Bertz CT molecular complexity index is 126. The smallest absolute Gasteiger partial charge is 0.340 e. The van der Waals surface area contributed by atoms with E-state index < -0.39 is 5.60 Å². The van der Waals surface area contributed by atoms with E-state index in [-0.39, 0.29) is 5.97 Å². The first-order valence-corrected chi connectivity index (χ1v) is 3.00. The predicted octanol–water partition coefficient (Wildman–Crippen LogP) is 0.338. The number of carbonyl (C=O) groups is 1. The number of hydrogen-bond acceptors (Lipinski definition) is 3. The summed E-state index contributed by atoms with van der Waals surface area (Å²) in [5.41, 5.74) is -0.601. The summed E-state index contributed by atoms with van der Waals surface area (Å²) >= 11 is 0. The van der Waals surface area contributed by atoms with Crippen LogP contribution in [-0.4, -0.2) is 24.8 Å². The molecule has 1 heterocycles. The topological polar surface area (TPSA) is 38.8 Å². The van der Waals surface area contributed by atoms with Gasteiger partial charge in [-0.1, -0.05) is 0 Å². The average Bonchev–Trinajstić information content (AvgIpc) is 2.50. The minimum atomic E-state index is -0.601. The Hall–Kier alpha value is -0.570. The van der Waals surface area contributed by atoms with E-state index in [4.69, 9.17) is 9.47 Å². The van der Waals surface area contributed by atoms with Gasteiger partial charge in [-0.15, -0.1) is 0 Å². The third-order valence-corrected chi connectivity index (χ3v) is 1.28. The van der Waals surface area contributed by atoms with Crippen molar-refractivity contribution in [2.24, 2.45) is 0 Å². The lowest BCUT2D eigenvalue weighted by molar-refractivity contribution is -0.148. The van der Waals surface area contributed by atoms with Crippen LogP contribution in [0.25, 0.3) is 0 Å². The lowest BCUT2D eigenvalue weighted by atomic mass is 10.2. The molecule has 0 aliphatic carbocycles. The Kier molecular flexibility index (Phi) is 1.45. The Morgan fingerprint density at radius 2 is 2.44 bits per heavy atom.